The highest BCUT2D eigenvalue weighted by Crippen LogP contribution is 2.28. The number of aliphatic hydroxyl groups is 1. The molecule has 0 aliphatic carbocycles. The van der Waals surface area contributed by atoms with Crippen molar-refractivity contribution in [2.24, 2.45) is 0 Å². The number of hydrogen-bond donors (Lipinski definition) is 2. The van der Waals surface area contributed by atoms with Crippen LogP contribution in [-0.2, 0) is 6.42 Å². The van der Waals surface area contributed by atoms with Gasteiger partial charge in [-0.25, -0.2) is 0 Å². The molecule has 0 spiro atoms. The van der Waals surface area contributed by atoms with Crippen LogP contribution in [0.5, 0.6) is 11.5 Å². The Hall–Kier alpha value is -1.22. The molecule has 0 aromatic heterocycles. The minimum Gasteiger partial charge on any atom is -0.508 e. The van der Waals surface area contributed by atoms with E-state index >= 15 is 0 Å². The topological polar surface area (TPSA) is 49.7 Å². The third kappa shape index (κ3) is 2.64. The van der Waals surface area contributed by atoms with Crippen LogP contribution in [0.25, 0.3) is 0 Å². The van der Waals surface area contributed by atoms with Gasteiger partial charge in [0.05, 0.1) is 12.7 Å². The highest BCUT2D eigenvalue weighted by molar-refractivity contribution is 5.44. The summed E-state index contributed by atoms with van der Waals surface area (Å²) in [6.07, 6.45) is -0.0790. The lowest BCUT2D eigenvalue weighted by atomic mass is 10.1. The summed E-state index contributed by atoms with van der Waals surface area (Å²) in [5, 5.41) is 18.8. The summed E-state index contributed by atoms with van der Waals surface area (Å²) in [5.74, 6) is 0.824. The van der Waals surface area contributed by atoms with Gasteiger partial charge in [0, 0.05) is 12.0 Å². The van der Waals surface area contributed by atoms with E-state index in [1.807, 2.05) is 6.92 Å². The molecule has 1 aromatic rings. The normalized spacial score (nSPS) is 12.5. The Labute approximate surface area is 84.0 Å². The Bertz CT molecular complexity index is 295. The van der Waals surface area contributed by atoms with Gasteiger partial charge < -0.3 is 14.9 Å². The third-order valence-corrected chi connectivity index (χ3v) is 1.91. The van der Waals surface area contributed by atoms with Crippen molar-refractivity contribution in [1.82, 2.24) is 0 Å². The van der Waals surface area contributed by atoms with Crippen molar-refractivity contribution in [3.05, 3.63) is 23.8 Å². The van der Waals surface area contributed by atoms with Crippen LogP contribution in [0.2, 0.25) is 0 Å². The van der Waals surface area contributed by atoms with Crippen molar-refractivity contribution in [3.8, 4) is 11.5 Å². The van der Waals surface area contributed by atoms with Gasteiger partial charge in [-0.2, -0.15) is 0 Å². The van der Waals surface area contributed by atoms with E-state index in [9.17, 15) is 10.2 Å². The van der Waals surface area contributed by atoms with Gasteiger partial charge >= 0.3 is 0 Å². The van der Waals surface area contributed by atoms with E-state index < -0.39 is 6.10 Å². The first-order valence-electron chi connectivity index (χ1n) is 4.76. The molecule has 1 unspecified atom stereocenters. The van der Waals surface area contributed by atoms with Gasteiger partial charge in [0.1, 0.15) is 11.5 Å². The molecular weight excluding hydrogens is 180 g/mol. The zero-order chi connectivity index (χ0) is 10.6. The van der Waals surface area contributed by atoms with Gasteiger partial charge in [0.2, 0.25) is 0 Å². The zero-order valence-corrected chi connectivity index (χ0v) is 8.53. The number of aromatic hydroxyl groups is 1. The molecule has 1 atom stereocenters. The largest absolute Gasteiger partial charge is 0.508 e. The van der Waals surface area contributed by atoms with E-state index in [1.165, 1.54) is 0 Å². The fraction of sp³-hybridized carbons (Fsp3) is 0.455. The standard InChI is InChI=1S/C11H16O3/c1-3-14-11-6-4-5-10(13)9(11)7-8(2)12/h4-6,8,12-13H,3,7H2,1-2H3. The summed E-state index contributed by atoms with van der Waals surface area (Å²) in [7, 11) is 0. The Morgan fingerprint density at radius 3 is 2.71 bits per heavy atom. The van der Waals surface area contributed by atoms with Crippen molar-refractivity contribution in [3.63, 3.8) is 0 Å². The highest BCUT2D eigenvalue weighted by atomic mass is 16.5. The van der Waals surface area contributed by atoms with Crippen LogP contribution in [0, 0.1) is 0 Å². The molecule has 0 amide bonds. The maximum Gasteiger partial charge on any atom is 0.126 e. The lowest BCUT2D eigenvalue weighted by Gasteiger charge is -2.12. The first-order valence-corrected chi connectivity index (χ1v) is 4.76. The summed E-state index contributed by atoms with van der Waals surface area (Å²) in [4.78, 5) is 0. The van der Waals surface area contributed by atoms with Gasteiger partial charge in [-0.15, -0.1) is 0 Å². The molecule has 0 bridgehead atoms. The molecule has 0 saturated carbocycles. The maximum atomic E-state index is 9.58. The van der Waals surface area contributed by atoms with E-state index in [2.05, 4.69) is 0 Å². The SMILES string of the molecule is CCOc1cccc(O)c1CC(C)O. The quantitative estimate of drug-likeness (QED) is 0.770. The van der Waals surface area contributed by atoms with Crippen molar-refractivity contribution < 1.29 is 14.9 Å². The van der Waals surface area contributed by atoms with E-state index in [0.717, 1.165) is 0 Å². The van der Waals surface area contributed by atoms with Crippen molar-refractivity contribution in [2.75, 3.05) is 6.61 Å². The number of rotatable bonds is 4. The van der Waals surface area contributed by atoms with E-state index in [1.54, 1.807) is 25.1 Å². The van der Waals surface area contributed by atoms with Gasteiger partial charge in [0.15, 0.2) is 0 Å². The fourth-order valence-electron chi connectivity index (χ4n) is 1.35. The second kappa shape index (κ2) is 4.86. The summed E-state index contributed by atoms with van der Waals surface area (Å²) in [5.41, 5.74) is 0.671. The Morgan fingerprint density at radius 2 is 2.14 bits per heavy atom. The highest BCUT2D eigenvalue weighted by Gasteiger charge is 2.10. The van der Waals surface area contributed by atoms with Crippen LogP contribution in [0.4, 0.5) is 0 Å². The van der Waals surface area contributed by atoms with E-state index in [-0.39, 0.29) is 5.75 Å². The van der Waals surface area contributed by atoms with Crippen LogP contribution in [0.1, 0.15) is 19.4 Å². The molecule has 0 heterocycles. The van der Waals surface area contributed by atoms with Crippen LogP contribution in [0.15, 0.2) is 18.2 Å². The van der Waals surface area contributed by atoms with Crippen molar-refractivity contribution in [2.45, 2.75) is 26.4 Å². The minimum atomic E-state index is -0.484. The second-order valence-electron chi connectivity index (χ2n) is 3.24. The van der Waals surface area contributed by atoms with Gasteiger partial charge in [-0.3, -0.25) is 0 Å². The van der Waals surface area contributed by atoms with Gasteiger partial charge in [0.25, 0.3) is 0 Å². The van der Waals surface area contributed by atoms with Gasteiger partial charge in [-0.05, 0) is 26.0 Å². The number of ether oxygens (including phenoxy) is 1. The van der Waals surface area contributed by atoms with E-state index in [0.29, 0.717) is 24.3 Å². The lowest BCUT2D eigenvalue weighted by Crippen LogP contribution is -2.06. The first kappa shape index (κ1) is 10.9. The summed E-state index contributed by atoms with van der Waals surface area (Å²) in [6.45, 7) is 4.12. The van der Waals surface area contributed by atoms with Crippen molar-refractivity contribution in [1.29, 1.82) is 0 Å². The fourth-order valence-corrected chi connectivity index (χ4v) is 1.35. The molecule has 3 heteroatoms. The number of phenols is 1. The third-order valence-electron chi connectivity index (χ3n) is 1.91. The maximum absolute atomic E-state index is 9.58. The Balaban J connectivity index is 2.96. The van der Waals surface area contributed by atoms with Crippen LogP contribution < -0.4 is 4.74 Å². The molecule has 0 aliphatic heterocycles. The number of hydrogen-bond acceptors (Lipinski definition) is 3. The Morgan fingerprint density at radius 1 is 1.43 bits per heavy atom. The number of phenolic OH excluding ortho intramolecular Hbond substituents is 1. The predicted octanol–water partition coefficient (Wildman–Crippen LogP) is 1.71. The minimum absolute atomic E-state index is 0.178. The number of benzene rings is 1. The molecule has 3 nitrogen and oxygen atoms in total. The monoisotopic (exact) mass is 196 g/mol. The van der Waals surface area contributed by atoms with Gasteiger partial charge in [-0.1, -0.05) is 6.07 Å². The molecule has 0 saturated heterocycles. The Kier molecular flexibility index (Phi) is 3.77. The molecule has 0 radical (unpaired) electrons. The lowest BCUT2D eigenvalue weighted by molar-refractivity contribution is 0.192. The molecule has 14 heavy (non-hydrogen) atoms. The summed E-state index contributed by atoms with van der Waals surface area (Å²) in [6, 6.07) is 5.12. The first-order chi connectivity index (χ1) is 6.65. The molecule has 0 aliphatic rings. The molecule has 1 rings (SSSR count). The molecule has 2 N–H and O–H groups in total. The van der Waals surface area contributed by atoms with Crippen molar-refractivity contribution >= 4 is 0 Å². The molecule has 78 valence electrons. The molecular formula is C11H16O3. The molecule has 1 aromatic carbocycles. The second-order valence-corrected chi connectivity index (χ2v) is 3.24. The number of aliphatic hydroxyl groups excluding tert-OH is 1. The van der Waals surface area contributed by atoms with Crippen LogP contribution >= 0.6 is 0 Å². The summed E-state index contributed by atoms with van der Waals surface area (Å²) >= 11 is 0. The van der Waals surface area contributed by atoms with Crippen LogP contribution in [0.3, 0.4) is 0 Å². The van der Waals surface area contributed by atoms with E-state index in [4.69, 9.17) is 4.74 Å². The predicted molar refractivity (Wildman–Crippen MR) is 54.7 cm³/mol. The molecule has 0 fully saturated rings. The average Bonchev–Trinajstić information content (AvgIpc) is 2.11. The zero-order valence-electron chi connectivity index (χ0n) is 8.53. The smallest absolute Gasteiger partial charge is 0.126 e. The summed E-state index contributed by atoms with van der Waals surface area (Å²) < 4.78 is 5.35. The van der Waals surface area contributed by atoms with Crippen LogP contribution in [-0.4, -0.2) is 22.9 Å². The average molecular weight is 196 g/mol.